The Morgan fingerprint density at radius 3 is 2.35 bits per heavy atom. The van der Waals surface area contributed by atoms with E-state index in [4.69, 9.17) is 11.6 Å². The molecule has 0 bridgehead atoms. The van der Waals surface area contributed by atoms with E-state index in [9.17, 15) is 13.6 Å². The number of carbonyl (C=O) groups is 1. The van der Waals surface area contributed by atoms with Crippen LogP contribution in [0.4, 0.5) is 8.78 Å². The molecule has 1 fully saturated rings. The summed E-state index contributed by atoms with van der Waals surface area (Å²) in [4.78, 5) is 11.3. The van der Waals surface area contributed by atoms with E-state index >= 15 is 0 Å². The summed E-state index contributed by atoms with van der Waals surface area (Å²) in [5.74, 6) is -1.87. The summed E-state index contributed by atoms with van der Waals surface area (Å²) in [5, 5.41) is 2.63. The largest absolute Gasteiger partial charge is 0.345 e. The van der Waals surface area contributed by atoms with Gasteiger partial charge in [-0.15, -0.1) is 11.6 Å². The van der Waals surface area contributed by atoms with E-state index in [-0.39, 0.29) is 11.4 Å². The predicted octanol–water partition coefficient (Wildman–Crippen LogP) is 2.70. The van der Waals surface area contributed by atoms with Crippen LogP contribution in [-0.2, 0) is 10.3 Å². The highest BCUT2D eigenvalue weighted by molar-refractivity contribution is 6.27. The quantitative estimate of drug-likeness (QED) is 0.831. The Morgan fingerprint density at radius 1 is 1.35 bits per heavy atom. The van der Waals surface area contributed by atoms with Crippen molar-refractivity contribution in [3.05, 3.63) is 35.4 Å². The fourth-order valence-corrected chi connectivity index (χ4v) is 2.29. The second kappa shape index (κ2) is 4.61. The maximum atomic E-state index is 13.7. The highest BCUT2D eigenvalue weighted by atomic mass is 35.5. The Labute approximate surface area is 103 Å². The third-order valence-corrected chi connectivity index (χ3v) is 3.39. The van der Waals surface area contributed by atoms with Crippen molar-refractivity contribution >= 4 is 17.5 Å². The molecule has 0 saturated heterocycles. The topological polar surface area (TPSA) is 29.1 Å². The SMILES string of the molecule is O=C(CCl)NC1(c2c(F)cccc2F)CCC1. The van der Waals surface area contributed by atoms with Gasteiger partial charge in [-0.05, 0) is 31.4 Å². The fraction of sp³-hybridized carbons (Fsp3) is 0.417. The fourth-order valence-electron chi connectivity index (χ4n) is 2.22. The number of benzene rings is 1. The number of halogens is 3. The van der Waals surface area contributed by atoms with Gasteiger partial charge in [0.05, 0.1) is 5.54 Å². The zero-order valence-corrected chi connectivity index (χ0v) is 9.86. The van der Waals surface area contributed by atoms with E-state index in [0.717, 1.165) is 6.42 Å². The van der Waals surface area contributed by atoms with Crippen LogP contribution in [0, 0.1) is 11.6 Å². The van der Waals surface area contributed by atoms with Crippen LogP contribution in [-0.4, -0.2) is 11.8 Å². The first-order valence-corrected chi connectivity index (χ1v) is 5.94. The van der Waals surface area contributed by atoms with Crippen LogP contribution in [0.1, 0.15) is 24.8 Å². The van der Waals surface area contributed by atoms with Gasteiger partial charge in [0.2, 0.25) is 5.91 Å². The molecule has 1 N–H and O–H groups in total. The first kappa shape index (κ1) is 12.3. The van der Waals surface area contributed by atoms with Crippen molar-refractivity contribution in [2.45, 2.75) is 24.8 Å². The van der Waals surface area contributed by atoms with E-state index in [1.54, 1.807) is 0 Å². The van der Waals surface area contributed by atoms with Gasteiger partial charge < -0.3 is 5.32 Å². The van der Waals surface area contributed by atoms with Gasteiger partial charge in [0.1, 0.15) is 17.5 Å². The molecule has 1 aliphatic rings. The third kappa shape index (κ3) is 2.14. The highest BCUT2D eigenvalue weighted by Gasteiger charge is 2.43. The molecule has 0 unspecified atom stereocenters. The van der Waals surface area contributed by atoms with Gasteiger partial charge in [-0.25, -0.2) is 8.78 Å². The molecule has 5 heteroatoms. The second-order valence-corrected chi connectivity index (χ2v) is 4.48. The van der Waals surface area contributed by atoms with Crippen molar-refractivity contribution in [1.29, 1.82) is 0 Å². The first-order chi connectivity index (χ1) is 8.09. The van der Waals surface area contributed by atoms with E-state index in [0.29, 0.717) is 12.8 Å². The summed E-state index contributed by atoms with van der Waals surface area (Å²) in [5.41, 5.74) is -0.966. The Kier molecular flexibility index (Phi) is 3.33. The molecule has 1 amide bonds. The molecule has 1 saturated carbocycles. The van der Waals surface area contributed by atoms with Gasteiger partial charge in [0.25, 0.3) is 0 Å². The number of hydrogen-bond donors (Lipinski definition) is 1. The molecule has 2 rings (SSSR count). The molecule has 1 aromatic rings. The molecule has 2 nitrogen and oxygen atoms in total. The van der Waals surface area contributed by atoms with Crippen molar-refractivity contribution in [1.82, 2.24) is 5.32 Å². The number of carbonyl (C=O) groups excluding carboxylic acids is 1. The van der Waals surface area contributed by atoms with Gasteiger partial charge in [0.15, 0.2) is 0 Å². The van der Waals surface area contributed by atoms with Crippen LogP contribution in [0.25, 0.3) is 0 Å². The molecule has 0 atom stereocenters. The van der Waals surface area contributed by atoms with Crippen LogP contribution in [0.2, 0.25) is 0 Å². The molecule has 0 aromatic heterocycles. The van der Waals surface area contributed by atoms with Gasteiger partial charge in [-0.2, -0.15) is 0 Å². The van der Waals surface area contributed by atoms with Crippen molar-refractivity contribution in [2.24, 2.45) is 0 Å². The second-order valence-electron chi connectivity index (χ2n) is 4.21. The van der Waals surface area contributed by atoms with Crippen molar-refractivity contribution in [3.8, 4) is 0 Å². The Balaban J connectivity index is 2.38. The van der Waals surface area contributed by atoms with Crippen molar-refractivity contribution in [3.63, 3.8) is 0 Å². The summed E-state index contributed by atoms with van der Waals surface area (Å²) < 4.78 is 27.4. The lowest BCUT2D eigenvalue weighted by Gasteiger charge is -2.43. The van der Waals surface area contributed by atoms with E-state index in [1.165, 1.54) is 18.2 Å². The van der Waals surface area contributed by atoms with Crippen LogP contribution < -0.4 is 5.32 Å². The minimum absolute atomic E-state index is 0.0512. The number of rotatable bonds is 3. The number of alkyl halides is 1. The Morgan fingerprint density at radius 2 is 1.94 bits per heavy atom. The number of hydrogen-bond acceptors (Lipinski definition) is 1. The van der Waals surface area contributed by atoms with Crippen LogP contribution in [0.5, 0.6) is 0 Å². The standard InChI is InChI=1S/C12H12ClF2NO/c13-7-10(17)16-12(5-2-6-12)11-8(14)3-1-4-9(11)15/h1,3-4H,2,5-7H2,(H,16,17). The third-order valence-electron chi connectivity index (χ3n) is 3.15. The lowest BCUT2D eigenvalue weighted by Crippen LogP contribution is -2.52. The Bertz CT molecular complexity index is 426. The maximum Gasteiger partial charge on any atom is 0.235 e. The minimum Gasteiger partial charge on any atom is -0.345 e. The van der Waals surface area contributed by atoms with Gasteiger partial charge in [-0.1, -0.05) is 6.07 Å². The lowest BCUT2D eigenvalue weighted by atomic mass is 9.71. The molecule has 1 aliphatic carbocycles. The molecule has 0 aliphatic heterocycles. The minimum atomic E-state index is -0.915. The van der Waals surface area contributed by atoms with E-state index < -0.39 is 23.1 Å². The molecular weight excluding hydrogens is 248 g/mol. The predicted molar refractivity (Wildman–Crippen MR) is 60.7 cm³/mol. The van der Waals surface area contributed by atoms with Crippen LogP contribution in [0.15, 0.2) is 18.2 Å². The van der Waals surface area contributed by atoms with Gasteiger partial charge in [-0.3, -0.25) is 4.79 Å². The summed E-state index contributed by atoms with van der Waals surface area (Å²) in [6.07, 6.45) is 1.90. The lowest BCUT2D eigenvalue weighted by molar-refractivity contribution is -0.121. The molecule has 0 radical (unpaired) electrons. The number of nitrogens with one attached hydrogen (secondary N) is 1. The van der Waals surface area contributed by atoms with Crippen molar-refractivity contribution in [2.75, 3.05) is 5.88 Å². The molecule has 0 heterocycles. The summed E-state index contributed by atoms with van der Waals surface area (Å²) in [6, 6.07) is 3.71. The molecule has 92 valence electrons. The zero-order chi connectivity index (χ0) is 12.5. The summed E-state index contributed by atoms with van der Waals surface area (Å²) >= 11 is 5.41. The first-order valence-electron chi connectivity index (χ1n) is 5.40. The summed E-state index contributed by atoms with van der Waals surface area (Å²) in [6.45, 7) is 0. The zero-order valence-electron chi connectivity index (χ0n) is 9.10. The van der Waals surface area contributed by atoms with Gasteiger partial charge in [0, 0.05) is 5.56 Å². The molecular formula is C12H12ClF2NO. The van der Waals surface area contributed by atoms with E-state index in [2.05, 4.69) is 5.32 Å². The van der Waals surface area contributed by atoms with Crippen LogP contribution >= 0.6 is 11.6 Å². The average molecular weight is 260 g/mol. The molecule has 0 spiro atoms. The molecule has 17 heavy (non-hydrogen) atoms. The van der Waals surface area contributed by atoms with Crippen LogP contribution in [0.3, 0.4) is 0 Å². The smallest absolute Gasteiger partial charge is 0.235 e. The summed E-state index contributed by atoms with van der Waals surface area (Å²) in [7, 11) is 0. The van der Waals surface area contributed by atoms with Gasteiger partial charge >= 0.3 is 0 Å². The average Bonchev–Trinajstić information content (AvgIpc) is 2.24. The monoisotopic (exact) mass is 259 g/mol. The Hall–Kier alpha value is -1.16. The van der Waals surface area contributed by atoms with E-state index in [1.807, 2.05) is 0 Å². The molecule has 1 aromatic carbocycles. The number of amides is 1. The maximum absolute atomic E-state index is 13.7. The van der Waals surface area contributed by atoms with Crippen molar-refractivity contribution < 1.29 is 13.6 Å². The normalized spacial score (nSPS) is 17.4. The highest BCUT2D eigenvalue weighted by Crippen LogP contribution is 2.43.